The molecule has 0 bridgehead atoms. The summed E-state index contributed by atoms with van der Waals surface area (Å²) in [6.45, 7) is 7.82. The van der Waals surface area contributed by atoms with Crippen LogP contribution in [-0.4, -0.2) is 61.7 Å². The van der Waals surface area contributed by atoms with Gasteiger partial charge >= 0.3 is 0 Å². The normalized spacial score (nSPS) is 24.4. The van der Waals surface area contributed by atoms with Crippen molar-refractivity contribution < 1.29 is 14.3 Å². The van der Waals surface area contributed by atoms with Gasteiger partial charge in [0.2, 0.25) is 5.91 Å². The zero-order valence-electron chi connectivity index (χ0n) is 16.7. The third-order valence-corrected chi connectivity index (χ3v) is 6.47. The number of likely N-dealkylation sites (tertiary alicyclic amines) is 2. The largest absolute Gasteiger partial charge is 0.490 e. The molecule has 148 valence electrons. The lowest BCUT2D eigenvalue weighted by atomic mass is 9.77. The van der Waals surface area contributed by atoms with Gasteiger partial charge < -0.3 is 14.4 Å². The maximum Gasteiger partial charge on any atom is 0.223 e. The van der Waals surface area contributed by atoms with Crippen LogP contribution >= 0.6 is 0 Å². The summed E-state index contributed by atoms with van der Waals surface area (Å²) in [6, 6.07) is 6.66. The molecule has 0 radical (unpaired) electrons. The van der Waals surface area contributed by atoms with E-state index in [1.165, 1.54) is 11.1 Å². The summed E-state index contributed by atoms with van der Waals surface area (Å²) in [5, 5.41) is 0. The molecule has 5 nitrogen and oxygen atoms in total. The lowest BCUT2D eigenvalue weighted by molar-refractivity contribution is -0.128. The van der Waals surface area contributed by atoms with Crippen molar-refractivity contribution in [3.63, 3.8) is 0 Å². The number of rotatable bonds is 6. The summed E-state index contributed by atoms with van der Waals surface area (Å²) in [4.78, 5) is 17.0. The third-order valence-electron chi connectivity index (χ3n) is 6.47. The van der Waals surface area contributed by atoms with E-state index in [4.69, 9.17) is 9.47 Å². The first-order chi connectivity index (χ1) is 13.1. The Morgan fingerprint density at radius 1 is 1.30 bits per heavy atom. The zero-order chi connectivity index (χ0) is 18.9. The smallest absolute Gasteiger partial charge is 0.223 e. The van der Waals surface area contributed by atoms with Gasteiger partial charge in [-0.25, -0.2) is 0 Å². The molecule has 0 aromatic heterocycles. The van der Waals surface area contributed by atoms with Crippen molar-refractivity contribution in [2.24, 2.45) is 5.41 Å². The zero-order valence-corrected chi connectivity index (χ0v) is 16.7. The molecular formula is C22H32N2O3. The van der Waals surface area contributed by atoms with Crippen LogP contribution in [0.5, 0.6) is 5.75 Å². The fourth-order valence-corrected chi connectivity index (χ4v) is 4.94. The van der Waals surface area contributed by atoms with Crippen molar-refractivity contribution in [3.8, 4) is 5.75 Å². The van der Waals surface area contributed by atoms with E-state index in [9.17, 15) is 4.79 Å². The van der Waals surface area contributed by atoms with Gasteiger partial charge in [0, 0.05) is 46.2 Å². The Bertz CT molecular complexity index is 682. The standard InChI is InChI=1S/C22H32N2O3/c1-17-12-19-13-18(4-5-20(19)27-17)15-23-9-6-22(7-10-23)14-21(25)24(16-22)8-3-11-26-2/h4-5,13,17H,3,6-12,14-16H2,1-2H3/t17-/m0/s1. The van der Waals surface area contributed by atoms with Gasteiger partial charge in [-0.2, -0.15) is 0 Å². The molecule has 4 rings (SSSR count). The maximum atomic E-state index is 12.4. The number of hydrogen-bond acceptors (Lipinski definition) is 4. The van der Waals surface area contributed by atoms with E-state index in [0.717, 1.165) is 77.2 Å². The number of carbonyl (C=O) groups is 1. The Morgan fingerprint density at radius 3 is 2.89 bits per heavy atom. The molecule has 0 N–H and O–H groups in total. The number of hydrogen-bond donors (Lipinski definition) is 0. The van der Waals surface area contributed by atoms with Crippen LogP contribution in [0.3, 0.4) is 0 Å². The van der Waals surface area contributed by atoms with Crippen molar-refractivity contribution in [2.75, 3.05) is 39.9 Å². The lowest BCUT2D eigenvalue weighted by Crippen LogP contribution is -2.41. The Hall–Kier alpha value is -1.59. The second-order valence-corrected chi connectivity index (χ2v) is 8.69. The molecule has 5 heteroatoms. The monoisotopic (exact) mass is 372 g/mol. The first kappa shape index (κ1) is 18.8. The predicted molar refractivity (Wildman–Crippen MR) is 105 cm³/mol. The van der Waals surface area contributed by atoms with E-state index < -0.39 is 0 Å². The van der Waals surface area contributed by atoms with Crippen LogP contribution in [0.2, 0.25) is 0 Å². The maximum absolute atomic E-state index is 12.4. The summed E-state index contributed by atoms with van der Waals surface area (Å²) in [5.41, 5.74) is 2.94. The Morgan fingerprint density at radius 2 is 2.11 bits per heavy atom. The second kappa shape index (κ2) is 7.80. The summed E-state index contributed by atoms with van der Waals surface area (Å²) in [6.07, 6.45) is 5.26. The van der Waals surface area contributed by atoms with E-state index in [1.54, 1.807) is 7.11 Å². The average molecular weight is 373 g/mol. The topological polar surface area (TPSA) is 42.0 Å². The van der Waals surface area contributed by atoms with Crippen LogP contribution in [0, 0.1) is 5.41 Å². The van der Waals surface area contributed by atoms with Crippen molar-refractivity contribution >= 4 is 5.91 Å². The van der Waals surface area contributed by atoms with Crippen LogP contribution in [0.15, 0.2) is 18.2 Å². The molecule has 0 aliphatic carbocycles. The molecule has 2 saturated heterocycles. The molecule has 1 atom stereocenters. The van der Waals surface area contributed by atoms with E-state index in [2.05, 4.69) is 34.9 Å². The number of methoxy groups -OCH3 is 1. The number of piperidine rings is 1. The molecular weight excluding hydrogens is 340 g/mol. The van der Waals surface area contributed by atoms with Crippen LogP contribution in [0.1, 0.15) is 43.7 Å². The molecule has 2 fully saturated rings. The molecule has 3 aliphatic rings. The number of amides is 1. The van der Waals surface area contributed by atoms with E-state index in [1.807, 2.05) is 0 Å². The third kappa shape index (κ3) is 4.14. The highest BCUT2D eigenvalue weighted by atomic mass is 16.5. The fraction of sp³-hybridized carbons (Fsp3) is 0.682. The van der Waals surface area contributed by atoms with Gasteiger partial charge in [-0.05, 0) is 61.9 Å². The SMILES string of the molecule is COCCCN1CC2(CCN(Cc3ccc4c(c3)C[C@H](C)O4)CC2)CC1=O. The van der Waals surface area contributed by atoms with Crippen LogP contribution in [0.25, 0.3) is 0 Å². The van der Waals surface area contributed by atoms with Gasteiger partial charge in [-0.15, -0.1) is 0 Å². The first-order valence-corrected chi connectivity index (χ1v) is 10.3. The van der Waals surface area contributed by atoms with Gasteiger partial charge in [-0.1, -0.05) is 12.1 Å². The highest BCUT2D eigenvalue weighted by molar-refractivity contribution is 5.79. The van der Waals surface area contributed by atoms with Crippen molar-refractivity contribution in [1.29, 1.82) is 0 Å². The summed E-state index contributed by atoms with van der Waals surface area (Å²) < 4.78 is 10.9. The minimum Gasteiger partial charge on any atom is -0.490 e. The molecule has 3 aliphatic heterocycles. The van der Waals surface area contributed by atoms with E-state index >= 15 is 0 Å². The van der Waals surface area contributed by atoms with Crippen molar-refractivity contribution in [1.82, 2.24) is 9.80 Å². The van der Waals surface area contributed by atoms with Gasteiger partial charge in [0.25, 0.3) is 0 Å². The van der Waals surface area contributed by atoms with Gasteiger partial charge in [0.1, 0.15) is 11.9 Å². The molecule has 1 spiro atoms. The van der Waals surface area contributed by atoms with Gasteiger partial charge in [-0.3, -0.25) is 9.69 Å². The highest BCUT2D eigenvalue weighted by Crippen LogP contribution is 2.41. The quantitative estimate of drug-likeness (QED) is 0.720. The second-order valence-electron chi connectivity index (χ2n) is 8.69. The lowest BCUT2D eigenvalue weighted by Gasteiger charge is -2.39. The van der Waals surface area contributed by atoms with E-state index in [-0.39, 0.29) is 5.41 Å². The van der Waals surface area contributed by atoms with Crippen molar-refractivity contribution in [3.05, 3.63) is 29.3 Å². The molecule has 0 unspecified atom stereocenters. The van der Waals surface area contributed by atoms with Crippen LogP contribution in [0.4, 0.5) is 0 Å². The van der Waals surface area contributed by atoms with E-state index in [0.29, 0.717) is 12.0 Å². The van der Waals surface area contributed by atoms with Gasteiger partial charge in [0.05, 0.1) is 0 Å². The summed E-state index contributed by atoms with van der Waals surface area (Å²) in [7, 11) is 1.72. The summed E-state index contributed by atoms with van der Waals surface area (Å²) >= 11 is 0. The Kier molecular flexibility index (Phi) is 5.42. The van der Waals surface area contributed by atoms with Crippen LogP contribution < -0.4 is 4.74 Å². The predicted octanol–water partition coefficient (Wildman–Crippen LogP) is 2.86. The number of fused-ring (bicyclic) bond motifs is 1. The first-order valence-electron chi connectivity index (χ1n) is 10.3. The van der Waals surface area contributed by atoms with Gasteiger partial charge in [0.15, 0.2) is 0 Å². The Labute approximate surface area is 162 Å². The van der Waals surface area contributed by atoms with Crippen LogP contribution in [-0.2, 0) is 22.5 Å². The molecule has 27 heavy (non-hydrogen) atoms. The molecule has 1 aromatic rings. The molecule has 1 amide bonds. The summed E-state index contributed by atoms with van der Waals surface area (Å²) in [5.74, 6) is 1.40. The minimum absolute atomic E-state index is 0.210. The highest BCUT2D eigenvalue weighted by Gasteiger charge is 2.44. The number of ether oxygens (including phenoxy) is 2. The molecule has 1 aromatic carbocycles. The number of nitrogens with zero attached hydrogens (tertiary/aromatic N) is 2. The minimum atomic E-state index is 0.210. The Balaban J connectivity index is 1.29. The average Bonchev–Trinajstić information content (AvgIpc) is 3.16. The molecule has 0 saturated carbocycles. The van der Waals surface area contributed by atoms with Crippen molar-refractivity contribution in [2.45, 2.75) is 51.7 Å². The molecule has 3 heterocycles. The number of benzene rings is 1. The fourth-order valence-electron chi connectivity index (χ4n) is 4.94. The number of carbonyl (C=O) groups excluding carboxylic acids is 1.